The van der Waals surface area contributed by atoms with Crippen molar-refractivity contribution in [3.63, 3.8) is 0 Å². The largest absolute Gasteiger partial charge is 0.328 e. The van der Waals surface area contributed by atoms with Crippen LogP contribution in [0.5, 0.6) is 0 Å². The van der Waals surface area contributed by atoms with Gasteiger partial charge in [-0.1, -0.05) is 12.1 Å². The van der Waals surface area contributed by atoms with Crippen molar-refractivity contribution < 1.29 is 4.79 Å². The minimum absolute atomic E-state index is 0.0407. The standard InChI is InChI=1S/C18H21N3O/c1-12-2-3-14(13-6-8-20-9-7-13)11-17(12)21-18(22)15-4-5-16(19)10-15/h2-3,6-9,11,15-16H,4-5,10,19H2,1H3,(H,21,22). The molecule has 0 saturated heterocycles. The number of nitrogens with two attached hydrogens (primary N) is 1. The maximum atomic E-state index is 12.4. The molecule has 3 N–H and O–H groups in total. The predicted octanol–water partition coefficient (Wildman–Crippen LogP) is 3.12. The zero-order valence-corrected chi connectivity index (χ0v) is 12.8. The molecule has 1 saturated carbocycles. The third kappa shape index (κ3) is 3.17. The van der Waals surface area contributed by atoms with Gasteiger partial charge in [-0.15, -0.1) is 0 Å². The average molecular weight is 295 g/mol. The molecule has 22 heavy (non-hydrogen) atoms. The molecule has 0 aliphatic heterocycles. The van der Waals surface area contributed by atoms with Crippen LogP contribution in [0.2, 0.25) is 0 Å². The molecule has 1 aliphatic rings. The van der Waals surface area contributed by atoms with Gasteiger partial charge in [0.05, 0.1) is 0 Å². The SMILES string of the molecule is Cc1ccc(-c2ccncc2)cc1NC(=O)C1CCC(N)C1. The summed E-state index contributed by atoms with van der Waals surface area (Å²) in [4.78, 5) is 16.4. The molecule has 2 unspecified atom stereocenters. The van der Waals surface area contributed by atoms with Gasteiger partial charge in [0, 0.05) is 30.0 Å². The molecule has 2 atom stereocenters. The van der Waals surface area contributed by atoms with Gasteiger partial charge in [0.2, 0.25) is 5.91 Å². The maximum Gasteiger partial charge on any atom is 0.227 e. The highest BCUT2D eigenvalue weighted by Crippen LogP contribution is 2.28. The van der Waals surface area contributed by atoms with Gasteiger partial charge in [0.25, 0.3) is 0 Å². The van der Waals surface area contributed by atoms with E-state index in [2.05, 4.69) is 16.4 Å². The highest BCUT2D eigenvalue weighted by Gasteiger charge is 2.27. The van der Waals surface area contributed by atoms with E-state index >= 15 is 0 Å². The van der Waals surface area contributed by atoms with Gasteiger partial charge in [0.15, 0.2) is 0 Å². The molecular weight excluding hydrogens is 274 g/mol. The second kappa shape index (κ2) is 6.28. The third-order valence-electron chi connectivity index (χ3n) is 4.35. The van der Waals surface area contributed by atoms with Crippen molar-refractivity contribution in [1.29, 1.82) is 0 Å². The quantitative estimate of drug-likeness (QED) is 0.914. The molecule has 3 rings (SSSR count). The Morgan fingerprint density at radius 2 is 1.95 bits per heavy atom. The molecular formula is C18H21N3O. The zero-order chi connectivity index (χ0) is 15.5. The number of anilines is 1. The van der Waals surface area contributed by atoms with E-state index in [9.17, 15) is 4.79 Å². The highest BCUT2D eigenvalue weighted by molar-refractivity contribution is 5.94. The number of hydrogen-bond donors (Lipinski definition) is 2. The first-order valence-electron chi connectivity index (χ1n) is 7.71. The molecule has 1 amide bonds. The van der Waals surface area contributed by atoms with Crippen LogP contribution < -0.4 is 11.1 Å². The number of amides is 1. The topological polar surface area (TPSA) is 68.0 Å². The molecule has 1 heterocycles. The van der Waals surface area contributed by atoms with E-state index in [1.54, 1.807) is 12.4 Å². The molecule has 0 spiro atoms. The summed E-state index contributed by atoms with van der Waals surface area (Å²) < 4.78 is 0. The molecule has 1 aromatic heterocycles. The van der Waals surface area contributed by atoms with Crippen LogP contribution in [-0.2, 0) is 4.79 Å². The van der Waals surface area contributed by atoms with E-state index < -0.39 is 0 Å². The van der Waals surface area contributed by atoms with Crippen molar-refractivity contribution in [2.45, 2.75) is 32.2 Å². The Labute approximate surface area is 130 Å². The summed E-state index contributed by atoms with van der Waals surface area (Å²) in [5.41, 5.74) is 10.0. The lowest BCUT2D eigenvalue weighted by molar-refractivity contribution is -0.119. The van der Waals surface area contributed by atoms with Gasteiger partial charge < -0.3 is 11.1 Å². The van der Waals surface area contributed by atoms with Crippen molar-refractivity contribution in [3.05, 3.63) is 48.3 Å². The van der Waals surface area contributed by atoms with Crippen molar-refractivity contribution in [1.82, 2.24) is 4.98 Å². The molecule has 4 nitrogen and oxygen atoms in total. The first kappa shape index (κ1) is 14.7. The number of rotatable bonds is 3. The molecule has 0 radical (unpaired) electrons. The molecule has 4 heteroatoms. The third-order valence-corrected chi connectivity index (χ3v) is 4.35. The van der Waals surface area contributed by atoms with Crippen LogP contribution in [0.25, 0.3) is 11.1 Å². The summed E-state index contributed by atoms with van der Waals surface area (Å²) in [6, 6.07) is 10.2. The Bertz CT molecular complexity index is 669. The van der Waals surface area contributed by atoms with Gasteiger partial charge in [-0.2, -0.15) is 0 Å². The van der Waals surface area contributed by atoms with Crippen molar-refractivity contribution in [2.24, 2.45) is 11.7 Å². The lowest BCUT2D eigenvalue weighted by Gasteiger charge is -2.14. The summed E-state index contributed by atoms with van der Waals surface area (Å²) >= 11 is 0. The van der Waals surface area contributed by atoms with Crippen LogP contribution in [0.3, 0.4) is 0 Å². The number of aryl methyl sites for hydroxylation is 1. The Morgan fingerprint density at radius 1 is 1.18 bits per heavy atom. The summed E-state index contributed by atoms with van der Waals surface area (Å²) in [6.07, 6.45) is 6.15. The number of nitrogens with one attached hydrogen (secondary N) is 1. The minimum Gasteiger partial charge on any atom is -0.328 e. The normalized spacial score (nSPS) is 20.8. The number of carbonyl (C=O) groups excluding carboxylic acids is 1. The van der Waals surface area contributed by atoms with E-state index in [-0.39, 0.29) is 17.9 Å². The van der Waals surface area contributed by atoms with Crippen molar-refractivity contribution >= 4 is 11.6 Å². The number of aromatic nitrogens is 1. The Balaban J connectivity index is 1.80. The van der Waals surface area contributed by atoms with Crippen LogP contribution in [-0.4, -0.2) is 16.9 Å². The van der Waals surface area contributed by atoms with Crippen LogP contribution >= 0.6 is 0 Å². The van der Waals surface area contributed by atoms with E-state index in [1.165, 1.54) is 0 Å². The number of nitrogens with zero attached hydrogens (tertiary/aromatic N) is 1. The molecule has 114 valence electrons. The number of carbonyl (C=O) groups is 1. The van der Waals surface area contributed by atoms with Crippen LogP contribution in [0.15, 0.2) is 42.7 Å². The van der Waals surface area contributed by atoms with Crippen molar-refractivity contribution in [2.75, 3.05) is 5.32 Å². The molecule has 2 aromatic rings. The summed E-state index contributed by atoms with van der Waals surface area (Å²) in [7, 11) is 0. The predicted molar refractivity (Wildman–Crippen MR) is 88.4 cm³/mol. The van der Waals surface area contributed by atoms with Gasteiger partial charge in [0.1, 0.15) is 0 Å². The highest BCUT2D eigenvalue weighted by atomic mass is 16.1. The Morgan fingerprint density at radius 3 is 2.64 bits per heavy atom. The summed E-state index contributed by atoms with van der Waals surface area (Å²) in [5, 5.41) is 3.07. The lowest BCUT2D eigenvalue weighted by atomic mass is 10.0. The van der Waals surface area contributed by atoms with E-state index in [1.807, 2.05) is 31.2 Å². The van der Waals surface area contributed by atoms with Gasteiger partial charge in [-0.25, -0.2) is 0 Å². The van der Waals surface area contributed by atoms with Gasteiger partial charge >= 0.3 is 0 Å². The van der Waals surface area contributed by atoms with Crippen LogP contribution in [0.4, 0.5) is 5.69 Å². The number of pyridine rings is 1. The Kier molecular flexibility index (Phi) is 4.20. The molecule has 1 aliphatic carbocycles. The Hall–Kier alpha value is -2.20. The number of benzene rings is 1. The van der Waals surface area contributed by atoms with Gasteiger partial charge in [-0.3, -0.25) is 9.78 Å². The maximum absolute atomic E-state index is 12.4. The number of hydrogen-bond acceptors (Lipinski definition) is 3. The van der Waals surface area contributed by atoms with Crippen LogP contribution in [0, 0.1) is 12.8 Å². The van der Waals surface area contributed by atoms with Crippen LogP contribution in [0.1, 0.15) is 24.8 Å². The first-order valence-corrected chi connectivity index (χ1v) is 7.71. The van der Waals surface area contributed by atoms with E-state index in [0.717, 1.165) is 41.6 Å². The molecule has 1 aromatic carbocycles. The monoisotopic (exact) mass is 295 g/mol. The zero-order valence-electron chi connectivity index (χ0n) is 12.8. The minimum atomic E-state index is 0.0407. The summed E-state index contributed by atoms with van der Waals surface area (Å²) in [5.74, 6) is 0.127. The van der Waals surface area contributed by atoms with Gasteiger partial charge in [-0.05, 0) is 61.1 Å². The van der Waals surface area contributed by atoms with E-state index in [4.69, 9.17) is 5.73 Å². The fourth-order valence-corrected chi connectivity index (χ4v) is 2.97. The van der Waals surface area contributed by atoms with Crippen molar-refractivity contribution in [3.8, 4) is 11.1 Å². The van der Waals surface area contributed by atoms with E-state index in [0.29, 0.717) is 0 Å². The molecule has 1 fully saturated rings. The fourth-order valence-electron chi connectivity index (χ4n) is 2.97. The summed E-state index contributed by atoms with van der Waals surface area (Å²) in [6.45, 7) is 2.01. The smallest absolute Gasteiger partial charge is 0.227 e. The molecule has 0 bridgehead atoms. The fraction of sp³-hybridized carbons (Fsp3) is 0.333. The second-order valence-corrected chi connectivity index (χ2v) is 6.02. The first-order chi connectivity index (χ1) is 10.6. The second-order valence-electron chi connectivity index (χ2n) is 6.02. The average Bonchev–Trinajstić information content (AvgIpc) is 2.97. The lowest BCUT2D eigenvalue weighted by Crippen LogP contribution is -2.23.